The first-order chi connectivity index (χ1) is 13.2. The molecular formula is C23H32BNO3. The number of hydrogen-bond donors (Lipinski definition) is 1. The van der Waals surface area contributed by atoms with Crippen LogP contribution in [-0.4, -0.2) is 25.4 Å². The molecule has 4 nitrogen and oxygen atoms in total. The zero-order chi connectivity index (χ0) is 20.5. The predicted molar refractivity (Wildman–Crippen MR) is 117 cm³/mol. The van der Waals surface area contributed by atoms with Crippen LogP contribution in [0.25, 0.3) is 0 Å². The molecule has 2 aromatic carbocycles. The third-order valence-corrected chi connectivity index (χ3v) is 6.02. The van der Waals surface area contributed by atoms with Crippen LogP contribution in [0.3, 0.4) is 0 Å². The third-order valence-electron chi connectivity index (χ3n) is 6.02. The molecule has 0 spiro atoms. The van der Waals surface area contributed by atoms with Crippen molar-refractivity contribution < 1.29 is 14.0 Å². The largest absolute Gasteiger partial charge is 0.494 e. The van der Waals surface area contributed by atoms with Crippen LogP contribution in [0.5, 0.6) is 5.75 Å². The molecule has 0 atom stereocenters. The predicted octanol–water partition coefficient (Wildman–Crippen LogP) is 4.48. The molecule has 0 amide bonds. The van der Waals surface area contributed by atoms with Crippen LogP contribution >= 0.6 is 0 Å². The van der Waals surface area contributed by atoms with Crippen molar-refractivity contribution in [2.45, 2.75) is 65.8 Å². The third kappa shape index (κ3) is 3.92. The van der Waals surface area contributed by atoms with Gasteiger partial charge in [0.25, 0.3) is 0 Å². The highest BCUT2D eigenvalue weighted by Crippen LogP contribution is 2.36. The highest BCUT2D eigenvalue weighted by Gasteiger charge is 2.51. The van der Waals surface area contributed by atoms with Gasteiger partial charge in [-0.2, -0.15) is 0 Å². The molecule has 1 aliphatic rings. The topological polar surface area (TPSA) is 39.7 Å². The van der Waals surface area contributed by atoms with Crippen LogP contribution in [0.15, 0.2) is 36.4 Å². The minimum atomic E-state index is -0.352. The molecule has 150 valence electrons. The quantitative estimate of drug-likeness (QED) is 0.750. The van der Waals surface area contributed by atoms with Gasteiger partial charge in [-0.3, -0.25) is 0 Å². The standard InChI is InChI=1S/C23H32BNO3/c1-8-17-10-9-11-20(25-7)19(17)15-26-21-13-12-18(14-16(21)2)24-27-22(3,4)23(5,6)28-24/h9-14,25H,8,15H2,1-7H3. The Morgan fingerprint density at radius 1 is 1.04 bits per heavy atom. The van der Waals surface area contributed by atoms with Crippen LogP contribution in [0.2, 0.25) is 0 Å². The summed E-state index contributed by atoms with van der Waals surface area (Å²) in [6.07, 6.45) is 0.980. The van der Waals surface area contributed by atoms with Crippen LogP contribution in [0.4, 0.5) is 5.69 Å². The average molecular weight is 381 g/mol. The summed E-state index contributed by atoms with van der Waals surface area (Å²) in [6, 6.07) is 12.5. The second-order valence-corrected chi connectivity index (χ2v) is 8.45. The summed E-state index contributed by atoms with van der Waals surface area (Å²) in [4.78, 5) is 0. The Balaban J connectivity index is 1.76. The number of ether oxygens (including phenoxy) is 1. The molecule has 1 N–H and O–H groups in total. The van der Waals surface area contributed by atoms with Gasteiger partial charge in [0, 0.05) is 18.3 Å². The zero-order valence-corrected chi connectivity index (χ0v) is 18.2. The molecule has 1 aliphatic heterocycles. The molecule has 5 heteroatoms. The van der Waals surface area contributed by atoms with Gasteiger partial charge in [-0.25, -0.2) is 0 Å². The lowest BCUT2D eigenvalue weighted by atomic mass is 9.78. The number of nitrogens with one attached hydrogen (secondary N) is 1. The summed E-state index contributed by atoms with van der Waals surface area (Å²) in [5, 5.41) is 3.27. The molecule has 1 heterocycles. The number of benzene rings is 2. The smallest absolute Gasteiger partial charge is 0.489 e. The molecule has 0 bridgehead atoms. The van der Waals surface area contributed by atoms with E-state index in [4.69, 9.17) is 14.0 Å². The Morgan fingerprint density at radius 3 is 2.29 bits per heavy atom. The van der Waals surface area contributed by atoms with E-state index in [1.54, 1.807) is 0 Å². The van der Waals surface area contributed by atoms with Crippen molar-refractivity contribution >= 4 is 18.3 Å². The molecule has 28 heavy (non-hydrogen) atoms. The van der Waals surface area contributed by atoms with Gasteiger partial charge >= 0.3 is 7.12 Å². The molecule has 0 aromatic heterocycles. The van der Waals surface area contributed by atoms with Crippen LogP contribution in [-0.2, 0) is 22.3 Å². The molecule has 0 unspecified atom stereocenters. The monoisotopic (exact) mass is 381 g/mol. The molecule has 2 aromatic rings. The molecule has 1 saturated heterocycles. The molecule has 1 fully saturated rings. The lowest BCUT2D eigenvalue weighted by molar-refractivity contribution is 0.00578. The van der Waals surface area contributed by atoms with E-state index in [2.05, 4.69) is 71.1 Å². The summed E-state index contributed by atoms with van der Waals surface area (Å²) in [5.74, 6) is 0.883. The van der Waals surface area contributed by atoms with E-state index < -0.39 is 0 Å². The summed E-state index contributed by atoms with van der Waals surface area (Å²) in [5.41, 5.74) is 5.05. The average Bonchev–Trinajstić information content (AvgIpc) is 2.87. The fraction of sp³-hybridized carbons (Fsp3) is 0.478. The first-order valence-electron chi connectivity index (χ1n) is 10.1. The first-order valence-corrected chi connectivity index (χ1v) is 10.1. The summed E-state index contributed by atoms with van der Waals surface area (Å²) in [6.45, 7) is 13.1. The molecule has 0 aliphatic carbocycles. The maximum absolute atomic E-state index is 6.19. The van der Waals surface area contributed by atoms with Gasteiger partial charge in [0.2, 0.25) is 0 Å². The normalized spacial score (nSPS) is 17.6. The minimum absolute atomic E-state index is 0.339. The number of anilines is 1. The summed E-state index contributed by atoms with van der Waals surface area (Å²) in [7, 11) is 1.59. The van der Waals surface area contributed by atoms with Crippen LogP contribution in [0, 0.1) is 6.92 Å². The van der Waals surface area contributed by atoms with Crippen molar-refractivity contribution in [3.8, 4) is 5.75 Å². The summed E-state index contributed by atoms with van der Waals surface area (Å²) < 4.78 is 18.5. The first kappa shape index (κ1) is 20.8. The second-order valence-electron chi connectivity index (χ2n) is 8.45. The van der Waals surface area contributed by atoms with Gasteiger partial charge in [-0.15, -0.1) is 0 Å². The van der Waals surface area contributed by atoms with E-state index in [1.807, 2.05) is 19.2 Å². The van der Waals surface area contributed by atoms with Crippen molar-refractivity contribution in [2.75, 3.05) is 12.4 Å². The van der Waals surface area contributed by atoms with E-state index in [9.17, 15) is 0 Å². The maximum atomic E-state index is 6.19. The van der Waals surface area contributed by atoms with Gasteiger partial charge in [-0.1, -0.05) is 31.2 Å². The molecule has 0 radical (unpaired) electrons. The van der Waals surface area contributed by atoms with Gasteiger partial charge in [0.05, 0.1) is 11.2 Å². The van der Waals surface area contributed by atoms with Gasteiger partial charge < -0.3 is 19.4 Å². The fourth-order valence-electron chi connectivity index (χ4n) is 3.48. The van der Waals surface area contributed by atoms with Crippen LogP contribution < -0.4 is 15.5 Å². The maximum Gasteiger partial charge on any atom is 0.494 e. The van der Waals surface area contributed by atoms with Crippen molar-refractivity contribution in [2.24, 2.45) is 0 Å². The van der Waals surface area contributed by atoms with Gasteiger partial charge in [-0.05, 0) is 69.8 Å². The van der Waals surface area contributed by atoms with Crippen molar-refractivity contribution in [1.82, 2.24) is 0 Å². The number of rotatable bonds is 6. The minimum Gasteiger partial charge on any atom is -0.489 e. The number of hydrogen-bond acceptors (Lipinski definition) is 4. The van der Waals surface area contributed by atoms with E-state index in [-0.39, 0.29) is 18.3 Å². The van der Waals surface area contributed by atoms with E-state index >= 15 is 0 Å². The second kappa shape index (κ2) is 7.80. The Hall–Kier alpha value is -1.98. The summed E-state index contributed by atoms with van der Waals surface area (Å²) >= 11 is 0. The van der Waals surface area contributed by atoms with E-state index in [0.29, 0.717) is 6.61 Å². The van der Waals surface area contributed by atoms with Gasteiger partial charge in [0.1, 0.15) is 12.4 Å². The Bertz CT molecular complexity index is 809. The SMILES string of the molecule is CCc1cccc(NC)c1COc1ccc(B2OC(C)(C)C(C)(C)O2)cc1C. The van der Waals surface area contributed by atoms with Crippen molar-refractivity contribution in [3.05, 3.63) is 53.1 Å². The molecule has 3 rings (SSSR count). The van der Waals surface area contributed by atoms with Crippen molar-refractivity contribution in [3.63, 3.8) is 0 Å². The fourth-order valence-corrected chi connectivity index (χ4v) is 3.48. The van der Waals surface area contributed by atoms with E-state index in [1.165, 1.54) is 11.1 Å². The lowest BCUT2D eigenvalue weighted by Crippen LogP contribution is -2.41. The van der Waals surface area contributed by atoms with Crippen LogP contribution in [0.1, 0.15) is 51.3 Å². The zero-order valence-electron chi connectivity index (χ0n) is 18.2. The molecule has 0 saturated carbocycles. The van der Waals surface area contributed by atoms with Crippen molar-refractivity contribution in [1.29, 1.82) is 0 Å². The van der Waals surface area contributed by atoms with E-state index in [0.717, 1.165) is 28.9 Å². The van der Waals surface area contributed by atoms with Gasteiger partial charge in [0.15, 0.2) is 0 Å². The lowest BCUT2D eigenvalue weighted by Gasteiger charge is -2.32. The Labute approximate surface area is 169 Å². The highest BCUT2D eigenvalue weighted by molar-refractivity contribution is 6.62. The number of aryl methyl sites for hydroxylation is 2. The molecular weight excluding hydrogens is 349 g/mol. The Morgan fingerprint density at radius 2 is 1.71 bits per heavy atom. The Kier molecular flexibility index (Phi) is 5.78. The highest BCUT2D eigenvalue weighted by atomic mass is 16.7.